The lowest BCUT2D eigenvalue weighted by atomic mass is 9.98. The van der Waals surface area contributed by atoms with Crippen molar-refractivity contribution in [2.24, 2.45) is 0 Å². The second kappa shape index (κ2) is 7.11. The average Bonchev–Trinajstić information content (AvgIpc) is 2.67. The van der Waals surface area contributed by atoms with E-state index in [4.69, 9.17) is 15.2 Å². The average molecular weight is 349 g/mol. The first-order chi connectivity index (χ1) is 12.6. The molecule has 6 heteroatoms. The van der Waals surface area contributed by atoms with Gasteiger partial charge in [0.1, 0.15) is 23.3 Å². The van der Waals surface area contributed by atoms with E-state index in [1.165, 1.54) is 12.1 Å². The largest absolute Gasteiger partial charge is 0.493 e. The molecule has 1 aromatic heterocycles. The van der Waals surface area contributed by atoms with E-state index in [1.54, 1.807) is 44.6 Å². The van der Waals surface area contributed by atoms with Gasteiger partial charge in [0.05, 0.1) is 19.9 Å². The quantitative estimate of drug-likeness (QED) is 0.769. The zero-order chi connectivity index (χ0) is 18.7. The van der Waals surface area contributed by atoms with Crippen molar-refractivity contribution in [3.63, 3.8) is 0 Å². The van der Waals surface area contributed by atoms with Crippen LogP contribution in [0.1, 0.15) is 5.56 Å². The van der Waals surface area contributed by atoms with Gasteiger partial charge in [-0.1, -0.05) is 12.1 Å². The molecule has 1 heterocycles. The van der Waals surface area contributed by atoms with Crippen LogP contribution in [-0.4, -0.2) is 19.2 Å². The molecule has 0 spiro atoms. The number of ether oxygens (including phenoxy) is 2. The van der Waals surface area contributed by atoms with Gasteiger partial charge in [-0.25, -0.2) is 9.37 Å². The SMILES string of the molecule is COc1ccc(-c2cc(-c3ccc(F)cc3)c(C#N)c(N)n2)cc1OC. The molecule has 0 saturated carbocycles. The van der Waals surface area contributed by atoms with E-state index < -0.39 is 0 Å². The van der Waals surface area contributed by atoms with Crippen molar-refractivity contribution in [2.75, 3.05) is 20.0 Å². The predicted octanol–water partition coefficient (Wildman–Crippen LogP) is 4.03. The highest BCUT2D eigenvalue weighted by Gasteiger charge is 2.15. The number of rotatable bonds is 4. The molecule has 0 saturated heterocycles. The van der Waals surface area contributed by atoms with Crippen LogP contribution in [0, 0.1) is 17.1 Å². The summed E-state index contributed by atoms with van der Waals surface area (Å²) in [5.41, 5.74) is 8.84. The fourth-order valence-electron chi connectivity index (χ4n) is 2.68. The third kappa shape index (κ3) is 3.15. The van der Waals surface area contributed by atoms with E-state index in [0.29, 0.717) is 28.3 Å². The predicted molar refractivity (Wildman–Crippen MR) is 97.3 cm³/mol. The van der Waals surface area contributed by atoms with Gasteiger partial charge in [-0.05, 0) is 42.0 Å². The molecule has 0 radical (unpaired) electrons. The normalized spacial score (nSPS) is 10.2. The number of anilines is 1. The van der Waals surface area contributed by atoms with Gasteiger partial charge >= 0.3 is 0 Å². The smallest absolute Gasteiger partial charge is 0.161 e. The molecule has 0 atom stereocenters. The van der Waals surface area contributed by atoms with Crippen LogP contribution in [0.15, 0.2) is 48.5 Å². The highest BCUT2D eigenvalue weighted by atomic mass is 19.1. The van der Waals surface area contributed by atoms with Crippen molar-refractivity contribution in [2.45, 2.75) is 0 Å². The van der Waals surface area contributed by atoms with Crippen LogP contribution >= 0.6 is 0 Å². The Balaban J connectivity index is 2.18. The van der Waals surface area contributed by atoms with Gasteiger partial charge in [0.25, 0.3) is 0 Å². The second-order valence-corrected chi connectivity index (χ2v) is 5.50. The zero-order valence-corrected chi connectivity index (χ0v) is 14.3. The highest BCUT2D eigenvalue weighted by molar-refractivity contribution is 5.80. The van der Waals surface area contributed by atoms with Gasteiger partial charge in [-0.3, -0.25) is 0 Å². The maximum atomic E-state index is 13.2. The topological polar surface area (TPSA) is 81.2 Å². The Kier molecular flexibility index (Phi) is 4.72. The molecule has 130 valence electrons. The van der Waals surface area contributed by atoms with E-state index in [-0.39, 0.29) is 17.2 Å². The van der Waals surface area contributed by atoms with E-state index >= 15 is 0 Å². The van der Waals surface area contributed by atoms with Gasteiger partial charge in [0.2, 0.25) is 0 Å². The molecule has 3 aromatic rings. The van der Waals surface area contributed by atoms with Crippen LogP contribution in [0.2, 0.25) is 0 Å². The molecule has 0 aliphatic rings. The number of hydrogen-bond donors (Lipinski definition) is 1. The molecule has 5 nitrogen and oxygen atoms in total. The maximum absolute atomic E-state index is 13.2. The maximum Gasteiger partial charge on any atom is 0.161 e. The Labute approximate surface area is 150 Å². The van der Waals surface area contributed by atoms with Crippen LogP contribution in [-0.2, 0) is 0 Å². The van der Waals surface area contributed by atoms with Gasteiger partial charge in [-0.15, -0.1) is 0 Å². The molecule has 0 aliphatic carbocycles. The van der Waals surface area contributed by atoms with Gasteiger partial charge < -0.3 is 15.2 Å². The Morgan fingerprint density at radius 3 is 2.23 bits per heavy atom. The number of aromatic nitrogens is 1. The number of methoxy groups -OCH3 is 2. The first-order valence-corrected chi connectivity index (χ1v) is 7.76. The minimum atomic E-state index is -0.352. The number of benzene rings is 2. The second-order valence-electron chi connectivity index (χ2n) is 5.50. The Morgan fingerprint density at radius 1 is 0.962 bits per heavy atom. The first-order valence-electron chi connectivity index (χ1n) is 7.76. The van der Waals surface area contributed by atoms with E-state index in [9.17, 15) is 9.65 Å². The summed E-state index contributed by atoms with van der Waals surface area (Å²) in [6.45, 7) is 0. The zero-order valence-electron chi connectivity index (χ0n) is 14.3. The summed E-state index contributed by atoms with van der Waals surface area (Å²) >= 11 is 0. The molecule has 0 amide bonds. The fraction of sp³-hybridized carbons (Fsp3) is 0.100. The van der Waals surface area contributed by atoms with Crippen molar-refractivity contribution < 1.29 is 13.9 Å². The summed E-state index contributed by atoms with van der Waals surface area (Å²) in [5, 5.41) is 9.45. The standard InChI is InChI=1S/C20H16FN3O2/c1-25-18-8-5-13(9-19(18)26-2)17-10-15(16(11-22)20(23)24-17)12-3-6-14(21)7-4-12/h3-10H,1-2H3,(H2,23,24). The minimum Gasteiger partial charge on any atom is -0.493 e. The van der Waals surface area contributed by atoms with Gasteiger partial charge in [0.15, 0.2) is 11.5 Å². The molecule has 0 aliphatic heterocycles. The molecule has 0 fully saturated rings. The van der Waals surface area contributed by atoms with Crippen molar-refractivity contribution in [3.05, 3.63) is 59.9 Å². The number of nitrogens with two attached hydrogens (primary N) is 1. The number of nitriles is 1. The summed E-state index contributed by atoms with van der Waals surface area (Å²) in [6, 6.07) is 15.1. The molecule has 3 rings (SSSR count). The van der Waals surface area contributed by atoms with Crippen molar-refractivity contribution >= 4 is 5.82 Å². The third-order valence-corrected chi connectivity index (χ3v) is 3.99. The van der Waals surface area contributed by atoms with E-state index in [1.807, 2.05) is 6.07 Å². The fourth-order valence-corrected chi connectivity index (χ4v) is 2.68. The molecular formula is C20H16FN3O2. The molecule has 2 N–H and O–H groups in total. The van der Waals surface area contributed by atoms with Crippen molar-refractivity contribution in [3.8, 4) is 40.0 Å². The van der Waals surface area contributed by atoms with Crippen LogP contribution < -0.4 is 15.2 Å². The number of halogens is 1. The molecule has 26 heavy (non-hydrogen) atoms. The summed E-state index contributed by atoms with van der Waals surface area (Å²) in [4.78, 5) is 4.33. The first kappa shape index (κ1) is 17.2. The van der Waals surface area contributed by atoms with Crippen LogP contribution in [0.3, 0.4) is 0 Å². The summed E-state index contributed by atoms with van der Waals surface area (Å²) in [5.74, 6) is 0.906. The molecule has 0 bridgehead atoms. The van der Waals surface area contributed by atoms with Gasteiger partial charge in [0, 0.05) is 11.1 Å². The van der Waals surface area contributed by atoms with Crippen molar-refractivity contribution in [1.82, 2.24) is 4.98 Å². The Bertz CT molecular complexity index is 995. The van der Waals surface area contributed by atoms with E-state index in [0.717, 1.165) is 5.56 Å². The highest BCUT2D eigenvalue weighted by Crippen LogP contribution is 2.35. The van der Waals surface area contributed by atoms with E-state index in [2.05, 4.69) is 11.1 Å². The monoisotopic (exact) mass is 349 g/mol. The number of nitrogen functional groups attached to an aromatic ring is 1. The summed E-state index contributed by atoms with van der Waals surface area (Å²) < 4.78 is 23.8. The minimum absolute atomic E-state index is 0.110. The third-order valence-electron chi connectivity index (χ3n) is 3.99. The lowest BCUT2D eigenvalue weighted by molar-refractivity contribution is 0.355. The molecular weight excluding hydrogens is 333 g/mol. The van der Waals surface area contributed by atoms with Crippen LogP contribution in [0.25, 0.3) is 22.4 Å². The van der Waals surface area contributed by atoms with Crippen LogP contribution in [0.4, 0.5) is 10.2 Å². The van der Waals surface area contributed by atoms with Gasteiger partial charge in [-0.2, -0.15) is 5.26 Å². The molecule has 0 unspecified atom stereocenters. The Hall–Kier alpha value is -3.59. The lowest BCUT2D eigenvalue weighted by Gasteiger charge is -2.12. The Morgan fingerprint density at radius 2 is 1.62 bits per heavy atom. The van der Waals surface area contributed by atoms with Crippen LogP contribution in [0.5, 0.6) is 11.5 Å². The van der Waals surface area contributed by atoms with Crippen molar-refractivity contribution in [1.29, 1.82) is 5.26 Å². The number of pyridine rings is 1. The number of hydrogen-bond acceptors (Lipinski definition) is 5. The summed E-state index contributed by atoms with van der Waals surface area (Å²) in [6.07, 6.45) is 0. The lowest BCUT2D eigenvalue weighted by Crippen LogP contribution is -2.00. The molecule has 2 aromatic carbocycles. The summed E-state index contributed by atoms with van der Waals surface area (Å²) in [7, 11) is 3.11. The number of nitrogens with zero attached hydrogens (tertiary/aromatic N) is 2.